The molecule has 2 N–H and O–H groups in total. The predicted octanol–water partition coefficient (Wildman–Crippen LogP) is 0.862. The molecule has 1 aromatic rings. The molecule has 0 amide bonds. The van der Waals surface area contributed by atoms with E-state index in [1.54, 1.807) is 6.07 Å². The van der Waals surface area contributed by atoms with Crippen LogP contribution in [0.5, 0.6) is 0 Å². The van der Waals surface area contributed by atoms with Gasteiger partial charge in [0.25, 0.3) is 0 Å². The van der Waals surface area contributed by atoms with Crippen molar-refractivity contribution in [2.75, 3.05) is 5.73 Å². The Kier molecular flexibility index (Phi) is 0.399. The Morgan fingerprint density at radius 3 is 3.00 bits per heavy atom. The van der Waals surface area contributed by atoms with Crippen LogP contribution in [0.15, 0.2) is 22.8 Å². The van der Waals surface area contributed by atoms with Gasteiger partial charge in [-0.15, -0.1) is 0 Å². The average molecular weight is 84.1 g/mol. The first kappa shape index (κ1) is 2.29. The molecule has 0 saturated carbocycles. The second-order valence-corrected chi connectivity index (χ2v) is 0.956. The number of hydrogen-bond donors (Lipinski definition) is 1. The van der Waals surface area contributed by atoms with Crippen LogP contribution in [0, 0.1) is 0 Å². The fourth-order valence-electron chi connectivity index (χ4n) is 0.252. The van der Waals surface area contributed by atoms with E-state index in [4.69, 9.17) is 7.10 Å². The van der Waals surface area contributed by atoms with Gasteiger partial charge in [-0.3, -0.25) is 0 Å². The number of nitrogens with two attached hydrogens (primary N) is 1. The third-order valence-corrected chi connectivity index (χ3v) is 0.492. The van der Waals surface area contributed by atoms with Gasteiger partial charge >= 0.3 is 0 Å². The second-order valence-electron chi connectivity index (χ2n) is 0.956. The zero-order chi connectivity index (χ0) is 5.28. The van der Waals surface area contributed by atoms with Crippen molar-refractivity contribution in [2.45, 2.75) is 0 Å². The van der Waals surface area contributed by atoms with Crippen molar-refractivity contribution in [2.24, 2.45) is 0 Å². The molecule has 1 rings (SSSR count). The summed E-state index contributed by atoms with van der Waals surface area (Å²) in [6.45, 7) is 0. The fraction of sp³-hybridized carbons (Fsp3) is 0. The van der Waals surface area contributed by atoms with Gasteiger partial charge in [0.15, 0.2) is 5.88 Å². The van der Waals surface area contributed by atoms with Gasteiger partial charge < -0.3 is 10.2 Å². The molecule has 1 aromatic heterocycles. The molecule has 0 radical (unpaired) electrons. The molecule has 0 atom stereocenters. The summed E-state index contributed by atoms with van der Waals surface area (Å²) in [4.78, 5) is 0. The smallest absolute Gasteiger partial charge is 0.190 e. The molecule has 0 spiro atoms. The third kappa shape index (κ3) is 0.360. The van der Waals surface area contributed by atoms with E-state index in [0.29, 0.717) is 5.88 Å². The lowest BCUT2D eigenvalue weighted by atomic mass is 10.6. The minimum absolute atomic E-state index is 0.109. The SMILES string of the molecule is [2H]c1ccc(N)o1. The van der Waals surface area contributed by atoms with Crippen molar-refractivity contribution < 1.29 is 5.79 Å². The topological polar surface area (TPSA) is 39.2 Å². The van der Waals surface area contributed by atoms with E-state index >= 15 is 0 Å². The van der Waals surface area contributed by atoms with Gasteiger partial charge in [0, 0.05) is 6.07 Å². The largest absolute Gasteiger partial charge is 0.449 e. The van der Waals surface area contributed by atoms with Gasteiger partial charge in [-0.2, -0.15) is 0 Å². The van der Waals surface area contributed by atoms with E-state index in [1.165, 1.54) is 6.07 Å². The molecule has 0 bridgehead atoms. The number of rotatable bonds is 0. The zero-order valence-electron chi connectivity index (χ0n) is 4.14. The Bertz CT molecular complexity index is 144. The normalized spacial score (nSPS) is 11.0. The van der Waals surface area contributed by atoms with Crippen molar-refractivity contribution in [3.63, 3.8) is 0 Å². The molecular weight excluding hydrogens is 78.0 g/mol. The lowest BCUT2D eigenvalue weighted by Gasteiger charge is -1.70. The quantitative estimate of drug-likeness (QED) is 0.506. The van der Waals surface area contributed by atoms with Crippen molar-refractivity contribution in [3.8, 4) is 0 Å². The number of anilines is 1. The van der Waals surface area contributed by atoms with Gasteiger partial charge in [0.05, 0.1) is 6.24 Å². The Morgan fingerprint density at radius 1 is 2.00 bits per heavy atom. The first-order valence-corrected chi connectivity index (χ1v) is 1.61. The minimum Gasteiger partial charge on any atom is -0.449 e. The van der Waals surface area contributed by atoms with E-state index in [2.05, 4.69) is 4.42 Å². The molecular formula is C4H5NO. The van der Waals surface area contributed by atoms with Gasteiger partial charge in [-0.1, -0.05) is 0 Å². The maximum atomic E-state index is 6.77. The number of hydrogen-bond acceptors (Lipinski definition) is 2. The summed E-state index contributed by atoms with van der Waals surface area (Å²) in [6.07, 6.45) is 0.109. The summed E-state index contributed by atoms with van der Waals surface area (Å²) in [5.41, 5.74) is 5.09. The van der Waals surface area contributed by atoms with Crippen LogP contribution in [0.1, 0.15) is 1.37 Å². The van der Waals surface area contributed by atoms with Gasteiger partial charge in [0.2, 0.25) is 0 Å². The molecule has 0 aromatic carbocycles. The molecule has 0 fully saturated rings. The van der Waals surface area contributed by atoms with Crippen LogP contribution >= 0.6 is 0 Å². The number of furan rings is 1. The van der Waals surface area contributed by atoms with Crippen LogP contribution in [-0.4, -0.2) is 0 Å². The van der Waals surface area contributed by atoms with Crippen LogP contribution in [-0.2, 0) is 0 Å². The molecule has 0 aliphatic heterocycles. The van der Waals surface area contributed by atoms with Crippen molar-refractivity contribution in [1.82, 2.24) is 0 Å². The summed E-state index contributed by atoms with van der Waals surface area (Å²) >= 11 is 0. The van der Waals surface area contributed by atoms with Crippen molar-refractivity contribution >= 4 is 5.88 Å². The first-order chi connectivity index (χ1) is 3.29. The van der Waals surface area contributed by atoms with Crippen LogP contribution < -0.4 is 5.73 Å². The maximum absolute atomic E-state index is 6.77. The number of nitrogen functional groups attached to an aromatic ring is 1. The highest BCUT2D eigenvalue weighted by molar-refractivity contribution is 5.20. The van der Waals surface area contributed by atoms with Gasteiger partial charge in [-0.05, 0) is 6.07 Å². The zero-order valence-corrected chi connectivity index (χ0v) is 3.14. The molecule has 0 aliphatic rings. The highest BCUT2D eigenvalue weighted by atomic mass is 16.3. The third-order valence-electron chi connectivity index (χ3n) is 0.492. The summed E-state index contributed by atoms with van der Waals surface area (Å²) in [5, 5.41) is 0. The van der Waals surface area contributed by atoms with Gasteiger partial charge in [0.1, 0.15) is 1.37 Å². The molecule has 0 aliphatic carbocycles. The van der Waals surface area contributed by atoms with E-state index in [-0.39, 0.29) is 6.24 Å². The fourth-order valence-corrected chi connectivity index (χ4v) is 0.252. The van der Waals surface area contributed by atoms with E-state index in [9.17, 15) is 0 Å². The van der Waals surface area contributed by atoms with Crippen LogP contribution in [0.2, 0.25) is 0 Å². The van der Waals surface area contributed by atoms with E-state index < -0.39 is 0 Å². The average Bonchev–Trinajstić information content (AvgIpc) is 1.87. The summed E-state index contributed by atoms with van der Waals surface area (Å²) in [5.74, 6) is 0.296. The summed E-state index contributed by atoms with van der Waals surface area (Å²) < 4.78 is 11.3. The molecule has 0 saturated heterocycles. The minimum atomic E-state index is 0.109. The van der Waals surface area contributed by atoms with Crippen LogP contribution in [0.3, 0.4) is 0 Å². The summed E-state index contributed by atoms with van der Waals surface area (Å²) in [6, 6.07) is 3.04. The Labute approximate surface area is 37.0 Å². The molecule has 2 heteroatoms. The maximum Gasteiger partial charge on any atom is 0.190 e. The highest BCUT2D eigenvalue weighted by Gasteiger charge is 1.76. The van der Waals surface area contributed by atoms with Crippen molar-refractivity contribution in [3.05, 3.63) is 18.4 Å². The predicted molar refractivity (Wildman–Crippen MR) is 23.1 cm³/mol. The molecule has 2 nitrogen and oxygen atoms in total. The Balaban J connectivity index is 3.04. The highest BCUT2D eigenvalue weighted by Crippen LogP contribution is 1.97. The summed E-state index contributed by atoms with van der Waals surface area (Å²) in [7, 11) is 0. The molecule has 0 unspecified atom stereocenters. The molecule has 32 valence electrons. The van der Waals surface area contributed by atoms with Crippen LogP contribution in [0.4, 0.5) is 5.88 Å². The second kappa shape index (κ2) is 1.05. The molecule has 1 heterocycles. The van der Waals surface area contributed by atoms with Crippen molar-refractivity contribution in [1.29, 1.82) is 0 Å². The van der Waals surface area contributed by atoms with E-state index in [1.807, 2.05) is 0 Å². The molecule has 6 heavy (non-hydrogen) atoms. The lowest BCUT2D eigenvalue weighted by molar-refractivity contribution is 0.588. The van der Waals surface area contributed by atoms with Gasteiger partial charge in [-0.25, -0.2) is 0 Å². The van der Waals surface area contributed by atoms with E-state index in [0.717, 1.165) is 0 Å². The lowest BCUT2D eigenvalue weighted by Crippen LogP contribution is -1.74. The Morgan fingerprint density at radius 2 is 2.83 bits per heavy atom. The monoisotopic (exact) mass is 84.0 g/mol. The Hall–Kier alpha value is -0.920. The van der Waals surface area contributed by atoms with Crippen LogP contribution in [0.25, 0.3) is 0 Å². The first-order valence-electron chi connectivity index (χ1n) is 2.11. The standard InChI is InChI=1S/C4H5NO/c5-4-2-1-3-6-4/h1-3H,5H2/i3D.